The number of pyridine rings is 1. The average Bonchev–Trinajstić information content (AvgIpc) is 2.86. The van der Waals surface area contributed by atoms with Crippen LogP contribution in [0.15, 0.2) is 42.5 Å². The maximum atomic E-state index is 11.9. The number of ketones is 1. The highest BCUT2D eigenvalue weighted by atomic mass is 32.1. The highest BCUT2D eigenvalue weighted by molar-refractivity contribution is 7.21. The second-order valence-electron chi connectivity index (χ2n) is 4.87. The number of rotatable bonds is 1. The molecule has 1 aliphatic rings. The minimum atomic E-state index is -0.251. The molecule has 0 bridgehead atoms. The van der Waals surface area contributed by atoms with Gasteiger partial charge in [-0.2, -0.15) is 0 Å². The van der Waals surface area contributed by atoms with Gasteiger partial charge in [-0.25, -0.2) is 4.98 Å². The smallest absolute Gasteiger partial charge is 0.232 e. The first kappa shape index (κ1) is 12.2. The van der Waals surface area contributed by atoms with E-state index in [2.05, 4.69) is 10.3 Å². The Morgan fingerprint density at radius 1 is 1.05 bits per heavy atom. The van der Waals surface area contributed by atoms with Gasteiger partial charge in [0.05, 0.1) is 22.7 Å². The lowest BCUT2D eigenvalue weighted by molar-refractivity contribution is -0.115. The third kappa shape index (κ3) is 1.94. The molecule has 4 nitrogen and oxygen atoms in total. The number of thiophene rings is 1. The molecule has 0 fully saturated rings. The van der Waals surface area contributed by atoms with Gasteiger partial charge in [0.2, 0.25) is 5.91 Å². The standard InChI is InChI=1S/C16H10N2O2S/c19-12-8-13(20)18-14-10-6-7-11(9-4-2-1-3-5-9)17-16(10)21-15(12)14/h1-7H,8H2,(H,18,20). The summed E-state index contributed by atoms with van der Waals surface area (Å²) in [4.78, 5) is 29.5. The van der Waals surface area contributed by atoms with Gasteiger partial charge in [0.1, 0.15) is 4.83 Å². The van der Waals surface area contributed by atoms with Crippen molar-refractivity contribution in [1.29, 1.82) is 0 Å². The summed E-state index contributed by atoms with van der Waals surface area (Å²) in [5.41, 5.74) is 2.50. The Kier molecular flexibility index (Phi) is 2.62. The molecule has 1 N–H and O–H groups in total. The van der Waals surface area contributed by atoms with Gasteiger partial charge in [-0.3, -0.25) is 9.59 Å². The molecule has 1 aromatic carbocycles. The summed E-state index contributed by atoms with van der Waals surface area (Å²) in [6.07, 6.45) is -0.0780. The van der Waals surface area contributed by atoms with Crippen LogP contribution in [0.5, 0.6) is 0 Å². The first-order valence-corrected chi connectivity index (χ1v) is 7.36. The molecule has 3 heterocycles. The lowest BCUT2D eigenvalue weighted by Gasteiger charge is -2.11. The number of amides is 1. The van der Waals surface area contributed by atoms with Crippen LogP contribution in [0.2, 0.25) is 0 Å². The summed E-state index contributed by atoms with van der Waals surface area (Å²) in [5, 5.41) is 3.61. The summed E-state index contributed by atoms with van der Waals surface area (Å²) in [7, 11) is 0. The highest BCUT2D eigenvalue weighted by Gasteiger charge is 2.27. The number of carbonyl (C=O) groups is 2. The summed E-state index contributed by atoms with van der Waals surface area (Å²) >= 11 is 1.34. The molecule has 0 saturated carbocycles. The van der Waals surface area contributed by atoms with E-state index >= 15 is 0 Å². The number of Topliss-reactive ketones (excluding diaryl/α,β-unsaturated/α-hetero) is 1. The topological polar surface area (TPSA) is 59.1 Å². The summed E-state index contributed by atoms with van der Waals surface area (Å²) in [6, 6.07) is 13.7. The number of benzene rings is 1. The van der Waals surface area contributed by atoms with E-state index in [1.54, 1.807) is 0 Å². The van der Waals surface area contributed by atoms with Crippen LogP contribution in [0.4, 0.5) is 5.69 Å². The summed E-state index contributed by atoms with van der Waals surface area (Å²) in [5.74, 6) is -0.377. The first-order chi connectivity index (χ1) is 10.2. The molecule has 0 atom stereocenters. The van der Waals surface area contributed by atoms with Gasteiger partial charge in [0, 0.05) is 10.9 Å². The van der Waals surface area contributed by atoms with E-state index in [0.29, 0.717) is 10.6 Å². The van der Waals surface area contributed by atoms with Crippen molar-refractivity contribution < 1.29 is 9.59 Å². The van der Waals surface area contributed by atoms with Gasteiger partial charge < -0.3 is 5.32 Å². The van der Waals surface area contributed by atoms with Crippen molar-refractivity contribution in [2.75, 3.05) is 5.32 Å². The fraction of sp³-hybridized carbons (Fsp3) is 0.0625. The normalized spacial score (nSPS) is 14.1. The monoisotopic (exact) mass is 294 g/mol. The zero-order chi connectivity index (χ0) is 14.4. The highest BCUT2D eigenvalue weighted by Crippen LogP contribution is 2.38. The van der Waals surface area contributed by atoms with Gasteiger partial charge in [0.25, 0.3) is 0 Å². The van der Waals surface area contributed by atoms with Crippen molar-refractivity contribution >= 4 is 38.9 Å². The number of nitrogens with zero attached hydrogens (tertiary/aromatic N) is 1. The van der Waals surface area contributed by atoms with Crippen LogP contribution in [0.25, 0.3) is 21.5 Å². The quantitative estimate of drug-likeness (QED) is 0.699. The zero-order valence-electron chi connectivity index (χ0n) is 10.9. The third-order valence-electron chi connectivity index (χ3n) is 3.46. The minimum absolute atomic E-state index is 0.0780. The van der Waals surface area contributed by atoms with Crippen LogP contribution in [0.1, 0.15) is 16.1 Å². The molecular formula is C16H10N2O2S. The van der Waals surface area contributed by atoms with E-state index in [-0.39, 0.29) is 18.1 Å². The minimum Gasteiger partial charge on any atom is -0.324 e. The molecule has 21 heavy (non-hydrogen) atoms. The Hall–Kier alpha value is -2.53. The van der Waals surface area contributed by atoms with Gasteiger partial charge in [-0.1, -0.05) is 30.3 Å². The van der Waals surface area contributed by atoms with Crippen molar-refractivity contribution in [3.05, 3.63) is 47.3 Å². The fourth-order valence-corrected chi connectivity index (χ4v) is 3.54. The van der Waals surface area contributed by atoms with E-state index in [9.17, 15) is 9.59 Å². The maximum absolute atomic E-state index is 11.9. The number of hydrogen-bond acceptors (Lipinski definition) is 4. The van der Waals surface area contributed by atoms with E-state index in [4.69, 9.17) is 0 Å². The first-order valence-electron chi connectivity index (χ1n) is 6.54. The second-order valence-corrected chi connectivity index (χ2v) is 5.87. The van der Waals surface area contributed by atoms with Gasteiger partial charge in [0.15, 0.2) is 5.78 Å². The lowest BCUT2D eigenvalue weighted by Crippen LogP contribution is -2.22. The van der Waals surface area contributed by atoms with Crippen LogP contribution in [-0.2, 0) is 4.79 Å². The molecule has 0 saturated heterocycles. The summed E-state index contributed by atoms with van der Waals surface area (Å²) in [6.45, 7) is 0. The Balaban J connectivity index is 1.91. The summed E-state index contributed by atoms with van der Waals surface area (Å²) < 4.78 is 0. The zero-order valence-corrected chi connectivity index (χ0v) is 11.7. The van der Waals surface area contributed by atoms with E-state index in [0.717, 1.165) is 21.5 Å². The van der Waals surface area contributed by atoms with Crippen LogP contribution in [0.3, 0.4) is 0 Å². The predicted octanol–water partition coefficient (Wildman–Crippen LogP) is 3.49. The number of nitrogens with one attached hydrogen (secondary N) is 1. The number of anilines is 1. The van der Waals surface area contributed by atoms with E-state index < -0.39 is 0 Å². The van der Waals surface area contributed by atoms with E-state index in [1.165, 1.54) is 11.3 Å². The molecule has 102 valence electrons. The Bertz CT molecular complexity index is 884. The average molecular weight is 294 g/mol. The van der Waals surface area contributed by atoms with Crippen molar-refractivity contribution in [2.45, 2.75) is 6.42 Å². The van der Waals surface area contributed by atoms with Crippen molar-refractivity contribution in [1.82, 2.24) is 4.98 Å². The van der Waals surface area contributed by atoms with Crippen LogP contribution >= 0.6 is 11.3 Å². The van der Waals surface area contributed by atoms with Crippen LogP contribution < -0.4 is 5.32 Å². The SMILES string of the molecule is O=C1CC(=O)c2sc3nc(-c4ccccc4)ccc3c2N1. The molecule has 1 aliphatic heterocycles. The fourth-order valence-electron chi connectivity index (χ4n) is 2.48. The number of carbonyl (C=O) groups excluding carboxylic acids is 2. The van der Waals surface area contributed by atoms with Crippen LogP contribution in [-0.4, -0.2) is 16.7 Å². The largest absolute Gasteiger partial charge is 0.324 e. The number of hydrogen-bond donors (Lipinski definition) is 1. The van der Waals surface area contributed by atoms with Gasteiger partial charge in [-0.05, 0) is 12.1 Å². The molecule has 0 spiro atoms. The maximum Gasteiger partial charge on any atom is 0.232 e. The molecule has 0 unspecified atom stereocenters. The molecular weight excluding hydrogens is 284 g/mol. The van der Waals surface area contributed by atoms with Crippen molar-refractivity contribution in [3.8, 4) is 11.3 Å². The molecule has 1 amide bonds. The number of fused-ring (bicyclic) bond motifs is 3. The molecule has 0 radical (unpaired) electrons. The molecule has 4 rings (SSSR count). The lowest BCUT2D eigenvalue weighted by atomic mass is 10.1. The Labute approximate surface area is 124 Å². The third-order valence-corrected chi connectivity index (χ3v) is 4.60. The van der Waals surface area contributed by atoms with Crippen molar-refractivity contribution in [3.63, 3.8) is 0 Å². The van der Waals surface area contributed by atoms with Gasteiger partial charge in [-0.15, -0.1) is 11.3 Å². The predicted molar refractivity (Wildman–Crippen MR) is 82.6 cm³/mol. The van der Waals surface area contributed by atoms with Crippen molar-refractivity contribution in [2.24, 2.45) is 0 Å². The number of aromatic nitrogens is 1. The second kappa shape index (κ2) is 4.49. The molecule has 0 aliphatic carbocycles. The molecule has 2 aromatic heterocycles. The molecule has 3 aromatic rings. The van der Waals surface area contributed by atoms with Crippen LogP contribution in [0, 0.1) is 0 Å². The van der Waals surface area contributed by atoms with E-state index in [1.807, 2.05) is 42.5 Å². The Morgan fingerprint density at radius 2 is 1.86 bits per heavy atom. The van der Waals surface area contributed by atoms with Gasteiger partial charge >= 0.3 is 0 Å². The molecule has 5 heteroatoms. The Morgan fingerprint density at radius 3 is 2.67 bits per heavy atom.